The van der Waals surface area contributed by atoms with Crippen LogP contribution in [0.1, 0.15) is 13.8 Å². The zero-order chi connectivity index (χ0) is 14.9. The lowest BCUT2D eigenvalue weighted by atomic mass is 10.7. The summed E-state index contributed by atoms with van der Waals surface area (Å²) in [6.07, 6.45) is 0. The summed E-state index contributed by atoms with van der Waals surface area (Å²) in [5.41, 5.74) is 0. The highest BCUT2D eigenvalue weighted by Gasteiger charge is 1.94. The molecule has 0 heterocycles. The largest absolute Gasteiger partial charge is 0.397 e. The molecule has 8 nitrogen and oxygen atoms in total. The van der Waals surface area contributed by atoms with Crippen LogP contribution < -0.4 is 0 Å². The quantitative estimate of drug-likeness (QED) is 0.422. The molecule has 0 aliphatic rings. The third-order valence-corrected chi connectivity index (χ3v) is 1.51. The highest BCUT2D eigenvalue weighted by atomic mass is 32.3. The van der Waals surface area contributed by atoms with E-state index >= 15 is 0 Å². The standard InChI is InChI=1S/C4H10O3.C4H10O.CH4O4S/c5-1-3-7-4-2-6;1-3-5-4-2;1-5-6(2,3)4/h5-6H,1-4H2;3-4H2,1-2H3;1H3,(H,2,3,4). The van der Waals surface area contributed by atoms with Crippen LogP contribution in [0.4, 0.5) is 0 Å². The maximum absolute atomic E-state index is 9.33. The first kappa shape index (κ1) is 22.9. The van der Waals surface area contributed by atoms with Gasteiger partial charge in [0, 0.05) is 13.2 Å². The Morgan fingerprint density at radius 1 is 0.944 bits per heavy atom. The average Bonchev–Trinajstić information content (AvgIpc) is 2.32. The maximum atomic E-state index is 9.33. The van der Waals surface area contributed by atoms with Gasteiger partial charge in [-0.3, -0.25) is 8.74 Å². The lowest BCUT2D eigenvalue weighted by Gasteiger charge is -1.94. The van der Waals surface area contributed by atoms with Crippen molar-refractivity contribution in [3.05, 3.63) is 0 Å². The summed E-state index contributed by atoms with van der Waals surface area (Å²) in [5.74, 6) is 0. The molecule has 0 aromatic carbocycles. The molecule has 0 atom stereocenters. The van der Waals surface area contributed by atoms with Crippen LogP contribution in [0.25, 0.3) is 0 Å². The van der Waals surface area contributed by atoms with Gasteiger partial charge in [0.2, 0.25) is 0 Å². The predicted molar refractivity (Wildman–Crippen MR) is 65.7 cm³/mol. The molecule has 0 aromatic heterocycles. The molecule has 0 unspecified atom stereocenters. The van der Waals surface area contributed by atoms with Crippen molar-refractivity contribution in [3.63, 3.8) is 0 Å². The van der Waals surface area contributed by atoms with Gasteiger partial charge in [-0.1, -0.05) is 0 Å². The Hall–Kier alpha value is -0.290. The Bertz CT molecular complexity index is 211. The molecule has 0 aromatic rings. The molecule has 9 heteroatoms. The van der Waals surface area contributed by atoms with Gasteiger partial charge in [0.25, 0.3) is 0 Å². The molecule has 3 N–H and O–H groups in total. The van der Waals surface area contributed by atoms with Crippen LogP contribution in [0.15, 0.2) is 0 Å². The number of ether oxygens (including phenoxy) is 2. The maximum Gasteiger partial charge on any atom is 0.397 e. The minimum absolute atomic E-state index is 0.0278. The van der Waals surface area contributed by atoms with Crippen molar-refractivity contribution in [3.8, 4) is 0 Å². The van der Waals surface area contributed by atoms with E-state index in [1.807, 2.05) is 13.8 Å². The average molecular weight is 292 g/mol. The molecule has 0 fully saturated rings. The molecule has 0 radical (unpaired) electrons. The van der Waals surface area contributed by atoms with Crippen molar-refractivity contribution in [1.82, 2.24) is 0 Å². The molecule has 0 aliphatic carbocycles. The zero-order valence-electron chi connectivity index (χ0n) is 11.0. The third-order valence-electron chi connectivity index (χ3n) is 1.09. The first-order valence-corrected chi connectivity index (χ1v) is 6.66. The number of hydrogen-bond acceptors (Lipinski definition) is 7. The summed E-state index contributed by atoms with van der Waals surface area (Å²) in [6, 6.07) is 0. The van der Waals surface area contributed by atoms with Crippen LogP contribution >= 0.6 is 0 Å². The normalized spacial score (nSPS) is 9.89. The molecular weight excluding hydrogens is 268 g/mol. The second-order valence-electron chi connectivity index (χ2n) is 2.44. The van der Waals surface area contributed by atoms with Crippen molar-refractivity contribution in [1.29, 1.82) is 0 Å². The van der Waals surface area contributed by atoms with E-state index in [-0.39, 0.29) is 13.2 Å². The van der Waals surface area contributed by atoms with E-state index < -0.39 is 10.4 Å². The Balaban J connectivity index is -0.000000190. The van der Waals surface area contributed by atoms with Crippen LogP contribution in [0.3, 0.4) is 0 Å². The fourth-order valence-electron chi connectivity index (χ4n) is 0.435. The molecule has 0 aliphatic heterocycles. The van der Waals surface area contributed by atoms with Gasteiger partial charge < -0.3 is 19.7 Å². The number of aliphatic hydroxyl groups excluding tert-OH is 2. The monoisotopic (exact) mass is 292 g/mol. The summed E-state index contributed by atoms with van der Waals surface area (Å²) in [7, 11) is -3.29. The summed E-state index contributed by atoms with van der Waals surface area (Å²) >= 11 is 0. The van der Waals surface area contributed by atoms with Gasteiger partial charge >= 0.3 is 10.4 Å². The summed E-state index contributed by atoms with van der Waals surface area (Å²) in [4.78, 5) is 0. The van der Waals surface area contributed by atoms with Gasteiger partial charge in [-0.05, 0) is 13.8 Å². The van der Waals surface area contributed by atoms with E-state index in [9.17, 15) is 8.42 Å². The number of hydrogen-bond donors (Lipinski definition) is 3. The van der Waals surface area contributed by atoms with Gasteiger partial charge in [0.15, 0.2) is 0 Å². The first-order valence-electron chi connectivity index (χ1n) is 5.29. The van der Waals surface area contributed by atoms with Crippen LogP contribution in [-0.2, 0) is 24.1 Å². The molecule has 0 spiro atoms. The van der Waals surface area contributed by atoms with E-state index in [1.165, 1.54) is 0 Å². The minimum atomic E-state index is -4.16. The molecule has 0 amide bonds. The predicted octanol–water partition coefficient (Wildman–Crippen LogP) is -0.534. The van der Waals surface area contributed by atoms with E-state index in [0.29, 0.717) is 13.2 Å². The molecule has 114 valence electrons. The Kier molecular flexibility index (Phi) is 24.2. The highest BCUT2D eigenvalue weighted by Crippen LogP contribution is 1.75. The van der Waals surface area contributed by atoms with Crippen molar-refractivity contribution in [2.24, 2.45) is 0 Å². The first-order chi connectivity index (χ1) is 8.39. The second-order valence-corrected chi connectivity index (χ2v) is 3.62. The number of aliphatic hydroxyl groups is 2. The Labute approximate surface area is 108 Å². The number of rotatable bonds is 7. The fraction of sp³-hybridized carbons (Fsp3) is 1.00. The van der Waals surface area contributed by atoms with Crippen molar-refractivity contribution in [2.45, 2.75) is 13.8 Å². The Morgan fingerprint density at radius 2 is 1.28 bits per heavy atom. The fourth-order valence-corrected chi connectivity index (χ4v) is 0.435. The lowest BCUT2D eigenvalue weighted by Crippen LogP contribution is -2.03. The van der Waals surface area contributed by atoms with Gasteiger partial charge in [-0.15, -0.1) is 0 Å². The third kappa shape index (κ3) is 44.8. The van der Waals surface area contributed by atoms with Crippen LogP contribution in [0, 0.1) is 0 Å². The second kappa shape index (κ2) is 19.1. The molecule has 0 rings (SSSR count). The van der Waals surface area contributed by atoms with Crippen LogP contribution in [0.2, 0.25) is 0 Å². The SMILES string of the molecule is CCOCC.COS(=O)(=O)O.OCCOCCO. The van der Waals surface area contributed by atoms with Gasteiger partial charge in [-0.2, -0.15) is 8.42 Å². The van der Waals surface area contributed by atoms with E-state index in [0.717, 1.165) is 20.3 Å². The van der Waals surface area contributed by atoms with Crippen LogP contribution in [0.5, 0.6) is 0 Å². The Morgan fingerprint density at radius 3 is 1.39 bits per heavy atom. The summed E-state index contributed by atoms with van der Waals surface area (Å²) < 4.78 is 39.2. The van der Waals surface area contributed by atoms with Gasteiger partial charge in [-0.25, -0.2) is 0 Å². The van der Waals surface area contributed by atoms with Crippen molar-refractivity contribution < 1.29 is 36.8 Å². The van der Waals surface area contributed by atoms with E-state index in [2.05, 4.69) is 8.92 Å². The molecule has 0 saturated carbocycles. The van der Waals surface area contributed by atoms with Gasteiger partial charge in [0.05, 0.1) is 33.5 Å². The molecular formula is C9H24O8S. The topological polar surface area (TPSA) is 123 Å². The minimum Gasteiger partial charge on any atom is -0.394 e. The van der Waals surface area contributed by atoms with Crippen molar-refractivity contribution in [2.75, 3.05) is 46.8 Å². The lowest BCUT2D eigenvalue weighted by molar-refractivity contribution is 0.0650. The summed E-state index contributed by atoms with van der Waals surface area (Å²) in [6.45, 7) is 6.36. The van der Waals surface area contributed by atoms with Crippen LogP contribution in [-0.4, -0.2) is 69.9 Å². The highest BCUT2D eigenvalue weighted by molar-refractivity contribution is 7.80. The van der Waals surface area contributed by atoms with Gasteiger partial charge in [0.1, 0.15) is 0 Å². The van der Waals surface area contributed by atoms with E-state index in [1.54, 1.807) is 0 Å². The molecule has 18 heavy (non-hydrogen) atoms. The smallest absolute Gasteiger partial charge is 0.394 e. The zero-order valence-corrected chi connectivity index (χ0v) is 11.9. The molecule has 0 saturated heterocycles. The van der Waals surface area contributed by atoms with Crippen molar-refractivity contribution >= 4 is 10.4 Å². The van der Waals surface area contributed by atoms with E-state index in [4.69, 9.17) is 19.5 Å². The molecule has 0 bridgehead atoms. The summed E-state index contributed by atoms with van der Waals surface area (Å²) in [5, 5.41) is 16.2.